The Hall–Kier alpha value is -1.86. The van der Waals surface area contributed by atoms with Gasteiger partial charge < -0.3 is 5.32 Å². The lowest BCUT2D eigenvalue weighted by Crippen LogP contribution is -2.13. The van der Waals surface area contributed by atoms with E-state index in [1.807, 2.05) is 19.1 Å². The summed E-state index contributed by atoms with van der Waals surface area (Å²) in [6.45, 7) is 1.92. The van der Waals surface area contributed by atoms with Crippen LogP contribution in [-0.2, 0) is 21.2 Å². The van der Waals surface area contributed by atoms with E-state index in [0.717, 1.165) is 5.56 Å². The molecule has 0 fully saturated rings. The van der Waals surface area contributed by atoms with Crippen molar-refractivity contribution in [2.45, 2.75) is 18.2 Å². The number of aryl methyl sites for hydroxylation is 1. The Labute approximate surface area is 136 Å². The van der Waals surface area contributed by atoms with Crippen LogP contribution in [0.15, 0.2) is 45.8 Å². The fourth-order valence-corrected chi connectivity index (χ4v) is 4.13. The molecule has 2 aromatic carbocycles. The maximum Gasteiger partial charge on any atom is 0.261 e. The van der Waals surface area contributed by atoms with E-state index in [0.29, 0.717) is 21.4 Å². The first-order chi connectivity index (χ1) is 10.3. The molecule has 2 N–H and O–H groups in total. The second-order valence-corrected chi connectivity index (χ2v) is 7.67. The summed E-state index contributed by atoms with van der Waals surface area (Å²) in [6, 6.07) is 9.98. The van der Waals surface area contributed by atoms with Crippen LogP contribution in [0.1, 0.15) is 11.1 Å². The summed E-state index contributed by atoms with van der Waals surface area (Å²) in [5.74, 6) is -0.126. The van der Waals surface area contributed by atoms with Crippen LogP contribution < -0.4 is 10.0 Å². The number of fused-ring (bicyclic) bond motifs is 1. The molecule has 0 unspecified atom stereocenters. The number of carbonyl (C=O) groups excluding carboxylic acids is 1. The number of sulfonamides is 1. The summed E-state index contributed by atoms with van der Waals surface area (Å²) in [5.41, 5.74) is 2.86. The largest absolute Gasteiger partial charge is 0.326 e. The Morgan fingerprint density at radius 1 is 1.18 bits per heavy atom. The highest BCUT2D eigenvalue weighted by Crippen LogP contribution is 2.29. The van der Waals surface area contributed by atoms with Gasteiger partial charge in [0.25, 0.3) is 10.0 Å². The van der Waals surface area contributed by atoms with E-state index in [1.54, 1.807) is 12.1 Å². The average molecular weight is 381 g/mol. The highest BCUT2D eigenvalue weighted by molar-refractivity contribution is 9.10. The lowest BCUT2D eigenvalue weighted by molar-refractivity contribution is -0.115. The molecule has 1 aliphatic heterocycles. The zero-order valence-electron chi connectivity index (χ0n) is 11.7. The van der Waals surface area contributed by atoms with Gasteiger partial charge in [-0.3, -0.25) is 9.52 Å². The molecule has 3 rings (SSSR count). The van der Waals surface area contributed by atoms with Gasteiger partial charge in [0.1, 0.15) is 0 Å². The predicted molar refractivity (Wildman–Crippen MR) is 88.5 cm³/mol. The zero-order valence-corrected chi connectivity index (χ0v) is 14.1. The van der Waals surface area contributed by atoms with E-state index in [1.165, 1.54) is 12.1 Å². The van der Waals surface area contributed by atoms with Gasteiger partial charge in [0, 0.05) is 10.2 Å². The minimum atomic E-state index is -3.71. The van der Waals surface area contributed by atoms with E-state index in [-0.39, 0.29) is 17.2 Å². The van der Waals surface area contributed by atoms with Crippen molar-refractivity contribution in [2.75, 3.05) is 10.0 Å². The van der Waals surface area contributed by atoms with Gasteiger partial charge in [0.05, 0.1) is 17.0 Å². The van der Waals surface area contributed by atoms with Crippen LogP contribution in [0.25, 0.3) is 0 Å². The molecule has 0 saturated heterocycles. The molecule has 0 bridgehead atoms. The van der Waals surface area contributed by atoms with E-state index >= 15 is 0 Å². The van der Waals surface area contributed by atoms with Crippen LogP contribution in [-0.4, -0.2) is 14.3 Å². The Kier molecular flexibility index (Phi) is 3.70. The Balaban J connectivity index is 1.94. The van der Waals surface area contributed by atoms with Gasteiger partial charge in [-0.2, -0.15) is 0 Å². The van der Waals surface area contributed by atoms with Crippen LogP contribution in [0.3, 0.4) is 0 Å². The highest BCUT2D eigenvalue weighted by atomic mass is 79.9. The number of amides is 1. The number of hydrogen-bond donors (Lipinski definition) is 2. The van der Waals surface area contributed by atoms with Crippen molar-refractivity contribution in [3.05, 3.63) is 52.0 Å². The van der Waals surface area contributed by atoms with E-state index < -0.39 is 10.0 Å². The van der Waals surface area contributed by atoms with E-state index in [2.05, 4.69) is 26.0 Å². The van der Waals surface area contributed by atoms with Gasteiger partial charge in [-0.15, -0.1) is 0 Å². The zero-order chi connectivity index (χ0) is 15.9. The molecular weight excluding hydrogens is 368 g/mol. The maximum atomic E-state index is 12.5. The summed E-state index contributed by atoms with van der Waals surface area (Å²) in [4.78, 5) is 11.5. The smallest absolute Gasteiger partial charge is 0.261 e. The fourth-order valence-electron chi connectivity index (χ4n) is 2.28. The molecule has 22 heavy (non-hydrogen) atoms. The molecular formula is C15H13BrN2O3S. The molecule has 0 saturated carbocycles. The Morgan fingerprint density at radius 2 is 1.95 bits per heavy atom. The van der Waals surface area contributed by atoms with Crippen molar-refractivity contribution in [1.29, 1.82) is 0 Å². The minimum absolute atomic E-state index is 0.126. The molecule has 0 radical (unpaired) electrons. The molecule has 0 atom stereocenters. The monoisotopic (exact) mass is 380 g/mol. The number of halogens is 1. The molecule has 1 amide bonds. The highest BCUT2D eigenvalue weighted by Gasteiger charge is 2.22. The van der Waals surface area contributed by atoms with Crippen LogP contribution in [0.5, 0.6) is 0 Å². The third-order valence-electron chi connectivity index (χ3n) is 3.38. The summed E-state index contributed by atoms with van der Waals surface area (Å²) in [7, 11) is -3.71. The summed E-state index contributed by atoms with van der Waals surface area (Å²) >= 11 is 3.35. The lowest BCUT2D eigenvalue weighted by atomic mass is 10.2. The summed E-state index contributed by atoms with van der Waals surface area (Å²) in [5, 5.41) is 2.68. The van der Waals surface area contributed by atoms with Crippen molar-refractivity contribution in [2.24, 2.45) is 0 Å². The van der Waals surface area contributed by atoms with Gasteiger partial charge in [-0.25, -0.2) is 8.42 Å². The molecule has 2 aromatic rings. The summed E-state index contributed by atoms with van der Waals surface area (Å²) in [6.07, 6.45) is 0.201. The number of nitrogens with one attached hydrogen (secondary N) is 2. The first-order valence-electron chi connectivity index (χ1n) is 6.57. The van der Waals surface area contributed by atoms with Crippen molar-refractivity contribution in [1.82, 2.24) is 0 Å². The molecule has 5 nitrogen and oxygen atoms in total. The number of anilines is 2. The number of rotatable bonds is 3. The lowest BCUT2D eigenvalue weighted by Gasteiger charge is -2.11. The normalized spacial score (nSPS) is 13.6. The van der Waals surface area contributed by atoms with Crippen molar-refractivity contribution >= 4 is 43.2 Å². The van der Waals surface area contributed by atoms with Gasteiger partial charge >= 0.3 is 0 Å². The molecule has 114 valence electrons. The van der Waals surface area contributed by atoms with Gasteiger partial charge in [-0.05, 0) is 64.3 Å². The SMILES string of the molecule is Cc1ccc(NS(=O)(=O)c2ccc3c(c2)CC(=O)N3)c(Br)c1. The van der Waals surface area contributed by atoms with Crippen LogP contribution in [0.2, 0.25) is 0 Å². The number of benzene rings is 2. The third kappa shape index (κ3) is 2.86. The number of hydrogen-bond acceptors (Lipinski definition) is 3. The topological polar surface area (TPSA) is 75.3 Å². The van der Waals surface area contributed by atoms with Gasteiger partial charge in [0.2, 0.25) is 5.91 Å². The minimum Gasteiger partial charge on any atom is -0.326 e. The summed E-state index contributed by atoms with van der Waals surface area (Å²) < 4.78 is 28.2. The second kappa shape index (κ2) is 5.40. The average Bonchev–Trinajstić information content (AvgIpc) is 2.81. The van der Waals surface area contributed by atoms with Gasteiger partial charge in [-0.1, -0.05) is 6.07 Å². The second-order valence-electron chi connectivity index (χ2n) is 5.13. The maximum absolute atomic E-state index is 12.5. The molecule has 1 aliphatic rings. The van der Waals surface area contributed by atoms with E-state index in [4.69, 9.17) is 0 Å². The first kappa shape index (κ1) is 15.1. The molecule has 0 aromatic heterocycles. The molecule has 0 spiro atoms. The van der Waals surface area contributed by atoms with Crippen LogP contribution in [0.4, 0.5) is 11.4 Å². The molecule has 0 aliphatic carbocycles. The van der Waals surface area contributed by atoms with Crippen LogP contribution in [0, 0.1) is 6.92 Å². The van der Waals surface area contributed by atoms with Gasteiger partial charge in [0.15, 0.2) is 0 Å². The molecule has 1 heterocycles. The van der Waals surface area contributed by atoms with Crippen molar-refractivity contribution in [3.8, 4) is 0 Å². The van der Waals surface area contributed by atoms with Crippen molar-refractivity contribution < 1.29 is 13.2 Å². The fraction of sp³-hybridized carbons (Fsp3) is 0.133. The Morgan fingerprint density at radius 3 is 2.68 bits per heavy atom. The van der Waals surface area contributed by atoms with E-state index in [9.17, 15) is 13.2 Å². The first-order valence-corrected chi connectivity index (χ1v) is 8.84. The van der Waals surface area contributed by atoms with Crippen molar-refractivity contribution in [3.63, 3.8) is 0 Å². The molecule has 7 heteroatoms. The standard InChI is InChI=1S/C15H13BrN2O3S/c1-9-2-4-14(12(16)6-9)18-22(20,21)11-3-5-13-10(7-11)8-15(19)17-13/h2-7,18H,8H2,1H3,(H,17,19). The quantitative estimate of drug-likeness (QED) is 0.858. The third-order valence-corrected chi connectivity index (χ3v) is 5.40. The number of carbonyl (C=O) groups is 1. The predicted octanol–water partition coefficient (Wildman–Crippen LogP) is 3.05. The Bertz CT molecular complexity index is 878. The van der Waals surface area contributed by atoms with Crippen LogP contribution >= 0.6 is 15.9 Å².